The minimum atomic E-state index is -0.301. The lowest BCUT2D eigenvalue weighted by Gasteiger charge is -2.29. The number of hydrogen-bond donors (Lipinski definition) is 2. The largest absolute Gasteiger partial charge is 0.449 e. The average Bonchev–Trinajstić information content (AvgIpc) is 2.86. The molecule has 3 heterocycles. The maximum Gasteiger partial charge on any atom is 0.294 e. The van der Waals surface area contributed by atoms with E-state index in [1.54, 1.807) is 0 Å². The van der Waals surface area contributed by atoms with Crippen molar-refractivity contribution in [3.8, 4) is 0 Å². The van der Waals surface area contributed by atoms with E-state index in [9.17, 15) is 9.90 Å². The lowest BCUT2D eigenvalue weighted by molar-refractivity contribution is 0.0655. The third kappa shape index (κ3) is 2.80. The van der Waals surface area contributed by atoms with Crippen LogP contribution in [0.4, 0.5) is 0 Å². The number of aliphatic hydroxyl groups is 1. The Morgan fingerprint density at radius 3 is 3.17 bits per heavy atom. The van der Waals surface area contributed by atoms with E-state index in [0.29, 0.717) is 30.0 Å². The van der Waals surface area contributed by atoms with Crippen molar-refractivity contribution >= 4 is 38.0 Å². The lowest BCUT2D eigenvalue weighted by atomic mass is 10.1. The summed E-state index contributed by atoms with van der Waals surface area (Å²) >= 11 is 3.43. The number of furan rings is 1. The normalized spacial score (nSPS) is 19.7. The highest BCUT2D eigenvalue weighted by Crippen LogP contribution is 2.28. The van der Waals surface area contributed by atoms with E-state index in [1.807, 2.05) is 18.2 Å². The van der Waals surface area contributed by atoms with Gasteiger partial charge in [0, 0.05) is 16.4 Å². The number of β-amino-alcohol motifs (C(OH)–C–C–N with tert-alkyl or cyclic N) is 1. The van der Waals surface area contributed by atoms with E-state index < -0.39 is 0 Å². The SMILES string of the molecule is O=c1[nH]c(CN2CCC[C@@H](O)C2)nc2c1oc1ccc(Br)cc12. The van der Waals surface area contributed by atoms with Crippen molar-refractivity contribution in [2.75, 3.05) is 13.1 Å². The van der Waals surface area contributed by atoms with Crippen LogP contribution in [0.3, 0.4) is 0 Å². The maximum atomic E-state index is 12.3. The fourth-order valence-corrected chi connectivity index (χ4v) is 3.49. The molecule has 1 saturated heterocycles. The maximum absolute atomic E-state index is 12.3. The zero-order chi connectivity index (χ0) is 16.0. The van der Waals surface area contributed by atoms with E-state index in [2.05, 4.69) is 30.8 Å². The Labute approximate surface area is 140 Å². The number of piperidine rings is 1. The highest BCUT2D eigenvalue weighted by molar-refractivity contribution is 9.10. The molecule has 1 aromatic carbocycles. The van der Waals surface area contributed by atoms with E-state index in [4.69, 9.17) is 4.42 Å². The standard InChI is InChI=1S/C16H16BrN3O3/c17-9-3-4-12-11(6-9)14-15(23-12)16(22)19-13(18-14)8-20-5-1-2-10(21)7-20/h3-4,6,10,21H,1-2,5,7-8H2,(H,18,19,22)/t10-/m1/s1. The van der Waals surface area contributed by atoms with Gasteiger partial charge in [-0.1, -0.05) is 15.9 Å². The molecule has 1 atom stereocenters. The van der Waals surface area contributed by atoms with Gasteiger partial charge in [0.25, 0.3) is 5.56 Å². The van der Waals surface area contributed by atoms with Crippen molar-refractivity contribution in [2.24, 2.45) is 0 Å². The van der Waals surface area contributed by atoms with Crippen LogP contribution >= 0.6 is 15.9 Å². The molecular weight excluding hydrogens is 362 g/mol. The molecule has 0 bridgehead atoms. The molecule has 1 aliphatic rings. The Hall–Kier alpha value is -1.70. The first kappa shape index (κ1) is 14.9. The third-order valence-corrected chi connectivity index (χ3v) is 4.68. The van der Waals surface area contributed by atoms with Gasteiger partial charge < -0.3 is 14.5 Å². The van der Waals surface area contributed by atoms with E-state index in [1.165, 1.54) is 0 Å². The number of hydrogen-bond acceptors (Lipinski definition) is 5. The first-order valence-electron chi connectivity index (χ1n) is 7.61. The Morgan fingerprint density at radius 1 is 1.48 bits per heavy atom. The van der Waals surface area contributed by atoms with Crippen LogP contribution in [0.5, 0.6) is 0 Å². The molecule has 0 spiro atoms. The fraction of sp³-hybridized carbons (Fsp3) is 0.375. The molecule has 1 fully saturated rings. The van der Waals surface area contributed by atoms with Crippen molar-refractivity contribution in [2.45, 2.75) is 25.5 Å². The van der Waals surface area contributed by atoms with Gasteiger partial charge in [-0.05, 0) is 37.6 Å². The van der Waals surface area contributed by atoms with Crippen LogP contribution in [-0.4, -0.2) is 39.2 Å². The van der Waals surface area contributed by atoms with Gasteiger partial charge >= 0.3 is 0 Å². The van der Waals surface area contributed by atoms with Gasteiger partial charge in [-0.25, -0.2) is 4.98 Å². The van der Waals surface area contributed by atoms with Gasteiger partial charge in [-0.3, -0.25) is 9.69 Å². The van der Waals surface area contributed by atoms with Gasteiger partial charge in [0.1, 0.15) is 16.9 Å². The van der Waals surface area contributed by atoms with Crippen molar-refractivity contribution in [3.63, 3.8) is 0 Å². The third-order valence-electron chi connectivity index (χ3n) is 4.19. The van der Waals surface area contributed by atoms with Gasteiger partial charge in [0.2, 0.25) is 5.58 Å². The van der Waals surface area contributed by atoms with Crippen LogP contribution in [0.1, 0.15) is 18.7 Å². The van der Waals surface area contributed by atoms with Crippen molar-refractivity contribution < 1.29 is 9.52 Å². The molecule has 0 unspecified atom stereocenters. The van der Waals surface area contributed by atoms with Crippen LogP contribution in [0, 0.1) is 0 Å². The Kier molecular flexibility index (Phi) is 3.71. The number of aromatic amines is 1. The summed E-state index contributed by atoms with van der Waals surface area (Å²) in [5.41, 5.74) is 1.21. The Balaban J connectivity index is 1.77. The minimum absolute atomic E-state index is 0.250. The number of likely N-dealkylation sites (tertiary alicyclic amines) is 1. The van der Waals surface area contributed by atoms with Crippen LogP contribution in [0.25, 0.3) is 22.1 Å². The second kappa shape index (κ2) is 5.74. The second-order valence-corrected chi connectivity index (χ2v) is 6.88. The number of aliphatic hydroxyl groups excluding tert-OH is 1. The number of H-pyrrole nitrogens is 1. The number of nitrogens with zero attached hydrogens (tertiary/aromatic N) is 2. The number of benzene rings is 1. The van der Waals surface area contributed by atoms with Crippen LogP contribution in [0.2, 0.25) is 0 Å². The molecule has 0 amide bonds. The molecule has 120 valence electrons. The summed E-state index contributed by atoms with van der Waals surface area (Å²) in [5, 5.41) is 10.6. The Bertz CT molecular complexity index is 933. The van der Waals surface area contributed by atoms with Crippen LogP contribution < -0.4 is 5.56 Å². The molecule has 2 aromatic heterocycles. The molecular formula is C16H16BrN3O3. The van der Waals surface area contributed by atoms with Crippen molar-refractivity contribution in [3.05, 3.63) is 38.9 Å². The minimum Gasteiger partial charge on any atom is -0.449 e. The molecule has 0 radical (unpaired) electrons. The first-order valence-corrected chi connectivity index (χ1v) is 8.41. The number of fused-ring (bicyclic) bond motifs is 3. The second-order valence-electron chi connectivity index (χ2n) is 5.96. The molecule has 0 saturated carbocycles. The molecule has 3 aromatic rings. The topological polar surface area (TPSA) is 82.4 Å². The van der Waals surface area contributed by atoms with E-state index >= 15 is 0 Å². The summed E-state index contributed by atoms with van der Waals surface area (Å²) in [6, 6.07) is 5.60. The quantitative estimate of drug-likeness (QED) is 0.716. The highest BCUT2D eigenvalue weighted by atomic mass is 79.9. The van der Waals surface area contributed by atoms with Gasteiger partial charge in [0.15, 0.2) is 0 Å². The number of aromatic nitrogens is 2. The summed E-state index contributed by atoms with van der Waals surface area (Å²) < 4.78 is 6.53. The fourth-order valence-electron chi connectivity index (χ4n) is 3.13. The first-order chi connectivity index (χ1) is 11.1. The number of halogens is 1. The summed E-state index contributed by atoms with van der Waals surface area (Å²) in [4.78, 5) is 21.8. The van der Waals surface area contributed by atoms with Gasteiger partial charge in [0.05, 0.1) is 12.6 Å². The van der Waals surface area contributed by atoms with Crippen LogP contribution in [-0.2, 0) is 6.54 Å². The summed E-state index contributed by atoms with van der Waals surface area (Å²) in [7, 11) is 0. The number of rotatable bonds is 2. The molecule has 6 nitrogen and oxygen atoms in total. The van der Waals surface area contributed by atoms with Crippen LogP contribution in [0.15, 0.2) is 31.9 Å². The zero-order valence-corrected chi connectivity index (χ0v) is 14.0. The molecule has 4 rings (SSSR count). The molecule has 2 N–H and O–H groups in total. The molecule has 1 aliphatic heterocycles. The average molecular weight is 378 g/mol. The molecule has 0 aliphatic carbocycles. The zero-order valence-electron chi connectivity index (χ0n) is 12.4. The summed E-state index contributed by atoms with van der Waals surface area (Å²) in [6.07, 6.45) is 1.49. The predicted octanol–water partition coefficient (Wildman–Crippen LogP) is 2.39. The summed E-state index contributed by atoms with van der Waals surface area (Å²) in [5.74, 6) is 0.597. The van der Waals surface area contributed by atoms with E-state index in [-0.39, 0.29) is 17.2 Å². The number of nitrogens with one attached hydrogen (secondary N) is 1. The summed E-state index contributed by atoms with van der Waals surface area (Å²) in [6.45, 7) is 2.03. The van der Waals surface area contributed by atoms with Crippen molar-refractivity contribution in [1.29, 1.82) is 0 Å². The molecule has 23 heavy (non-hydrogen) atoms. The van der Waals surface area contributed by atoms with Gasteiger partial charge in [-0.2, -0.15) is 0 Å². The smallest absolute Gasteiger partial charge is 0.294 e. The Morgan fingerprint density at radius 2 is 2.35 bits per heavy atom. The highest BCUT2D eigenvalue weighted by Gasteiger charge is 2.20. The van der Waals surface area contributed by atoms with E-state index in [0.717, 1.165) is 29.2 Å². The molecule has 7 heteroatoms. The monoisotopic (exact) mass is 377 g/mol. The predicted molar refractivity (Wildman–Crippen MR) is 90.4 cm³/mol. The van der Waals surface area contributed by atoms with Crippen molar-refractivity contribution in [1.82, 2.24) is 14.9 Å². The lowest BCUT2D eigenvalue weighted by Crippen LogP contribution is -2.38. The van der Waals surface area contributed by atoms with Gasteiger partial charge in [-0.15, -0.1) is 0 Å².